The minimum absolute atomic E-state index is 0.740. The number of anilines is 1. The van der Waals surface area contributed by atoms with Crippen molar-refractivity contribution < 1.29 is 0 Å². The van der Waals surface area contributed by atoms with Gasteiger partial charge in [-0.05, 0) is 55.4 Å². The van der Waals surface area contributed by atoms with Crippen LogP contribution < -0.4 is 5.32 Å². The Morgan fingerprint density at radius 3 is 2.60 bits per heavy atom. The number of hydrogen-bond donors (Lipinski definition) is 1. The molecule has 1 N–H and O–H groups in total. The van der Waals surface area contributed by atoms with Crippen molar-refractivity contribution in [3.05, 3.63) is 29.3 Å². The molecule has 0 amide bonds. The molecule has 0 atom stereocenters. The topological polar surface area (TPSA) is 12.0 Å². The van der Waals surface area contributed by atoms with Gasteiger partial charge in [-0.2, -0.15) is 0 Å². The minimum atomic E-state index is 0.740. The van der Waals surface area contributed by atoms with Crippen molar-refractivity contribution in [3.8, 4) is 0 Å². The average Bonchev–Trinajstić information content (AvgIpc) is 2.87. The van der Waals surface area contributed by atoms with E-state index < -0.39 is 0 Å². The first kappa shape index (κ1) is 9.26. The van der Waals surface area contributed by atoms with Crippen LogP contribution in [-0.4, -0.2) is 6.04 Å². The molecule has 2 aliphatic rings. The number of hydrogen-bond acceptors (Lipinski definition) is 1. The number of benzene rings is 1. The van der Waals surface area contributed by atoms with Crippen LogP contribution in [0.3, 0.4) is 0 Å². The van der Waals surface area contributed by atoms with Crippen molar-refractivity contribution in [3.63, 3.8) is 0 Å². The summed E-state index contributed by atoms with van der Waals surface area (Å²) in [5.74, 6) is 0. The van der Waals surface area contributed by atoms with Gasteiger partial charge in [-0.25, -0.2) is 0 Å². The molecule has 0 spiro atoms. The SMILES string of the molecule is c1cc2c(cc1NC1CCCC1)CCC2. The van der Waals surface area contributed by atoms with Crippen molar-refractivity contribution in [1.82, 2.24) is 0 Å². The normalized spacial score (nSPS) is 20.5. The third kappa shape index (κ3) is 1.88. The zero-order valence-corrected chi connectivity index (χ0v) is 9.26. The molecule has 0 bridgehead atoms. The van der Waals surface area contributed by atoms with Gasteiger partial charge >= 0.3 is 0 Å². The second kappa shape index (κ2) is 3.88. The van der Waals surface area contributed by atoms with E-state index in [2.05, 4.69) is 23.5 Å². The molecule has 0 aromatic heterocycles. The van der Waals surface area contributed by atoms with E-state index in [0.717, 1.165) is 6.04 Å². The van der Waals surface area contributed by atoms with Crippen molar-refractivity contribution in [2.24, 2.45) is 0 Å². The van der Waals surface area contributed by atoms with E-state index in [0.29, 0.717) is 0 Å². The summed E-state index contributed by atoms with van der Waals surface area (Å²) in [6.07, 6.45) is 9.45. The van der Waals surface area contributed by atoms with E-state index in [9.17, 15) is 0 Å². The molecule has 1 aromatic carbocycles. The van der Waals surface area contributed by atoms with E-state index in [1.807, 2.05) is 0 Å². The Kier molecular flexibility index (Phi) is 2.40. The van der Waals surface area contributed by atoms with E-state index in [1.54, 1.807) is 11.1 Å². The fourth-order valence-corrected chi connectivity index (χ4v) is 2.97. The lowest BCUT2D eigenvalue weighted by atomic mass is 10.1. The molecule has 0 unspecified atom stereocenters. The molecule has 80 valence electrons. The molecule has 3 rings (SSSR count). The van der Waals surface area contributed by atoms with Crippen molar-refractivity contribution in [2.75, 3.05) is 5.32 Å². The predicted octanol–water partition coefficient (Wildman–Crippen LogP) is 3.53. The molecule has 0 saturated heterocycles. The van der Waals surface area contributed by atoms with Crippen molar-refractivity contribution in [2.45, 2.75) is 51.0 Å². The summed E-state index contributed by atoms with van der Waals surface area (Å²) >= 11 is 0. The monoisotopic (exact) mass is 201 g/mol. The van der Waals surface area contributed by atoms with Crippen LogP contribution in [0.15, 0.2) is 18.2 Å². The Morgan fingerprint density at radius 1 is 0.933 bits per heavy atom. The summed E-state index contributed by atoms with van der Waals surface area (Å²) in [5.41, 5.74) is 4.51. The van der Waals surface area contributed by atoms with Gasteiger partial charge in [0.25, 0.3) is 0 Å². The van der Waals surface area contributed by atoms with Crippen LogP contribution in [0.4, 0.5) is 5.69 Å². The molecule has 1 fully saturated rings. The number of aryl methyl sites for hydroxylation is 2. The Hall–Kier alpha value is -0.980. The van der Waals surface area contributed by atoms with E-state index in [1.165, 1.54) is 50.6 Å². The van der Waals surface area contributed by atoms with Crippen LogP contribution in [-0.2, 0) is 12.8 Å². The Bertz CT molecular complexity index is 350. The van der Waals surface area contributed by atoms with Gasteiger partial charge in [0, 0.05) is 11.7 Å². The molecule has 0 heterocycles. The highest BCUT2D eigenvalue weighted by Gasteiger charge is 2.16. The van der Waals surface area contributed by atoms with E-state index >= 15 is 0 Å². The number of fused-ring (bicyclic) bond motifs is 1. The Morgan fingerprint density at radius 2 is 1.73 bits per heavy atom. The fourth-order valence-electron chi connectivity index (χ4n) is 2.97. The molecule has 0 radical (unpaired) electrons. The molecule has 1 heteroatoms. The van der Waals surface area contributed by atoms with Crippen LogP contribution in [0.1, 0.15) is 43.2 Å². The zero-order valence-electron chi connectivity index (χ0n) is 9.26. The summed E-state index contributed by atoms with van der Waals surface area (Å²) in [6, 6.07) is 7.70. The Labute approximate surface area is 91.9 Å². The maximum absolute atomic E-state index is 3.67. The van der Waals surface area contributed by atoms with Crippen LogP contribution in [0.5, 0.6) is 0 Å². The summed E-state index contributed by atoms with van der Waals surface area (Å²) in [6.45, 7) is 0. The van der Waals surface area contributed by atoms with Gasteiger partial charge in [-0.15, -0.1) is 0 Å². The lowest BCUT2D eigenvalue weighted by Crippen LogP contribution is -2.14. The third-order valence-corrected chi connectivity index (χ3v) is 3.82. The van der Waals surface area contributed by atoms with Gasteiger partial charge in [-0.3, -0.25) is 0 Å². The predicted molar refractivity (Wildman–Crippen MR) is 64.3 cm³/mol. The van der Waals surface area contributed by atoms with Crippen LogP contribution in [0.2, 0.25) is 0 Å². The van der Waals surface area contributed by atoms with Crippen molar-refractivity contribution >= 4 is 5.69 Å². The molecule has 0 aliphatic heterocycles. The summed E-state index contributed by atoms with van der Waals surface area (Å²) < 4.78 is 0. The summed E-state index contributed by atoms with van der Waals surface area (Å²) in [7, 11) is 0. The van der Waals surface area contributed by atoms with Crippen LogP contribution >= 0.6 is 0 Å². The standard InChI is InChI=1S/C14H19N/c1-2-7-13(6-1)15-14-9-8-11-4-3-5-12(11)10-14/h8-10,13,15H,1-7H2. The van der Waals surface area contributed by atoms with E-state index in [-0.39, 0.29) is 0 Å². The maximum Gasteiger partial charge on any atom is 0.0345 e. The largest absolute Gasteiger partial charge is 0.382 e. The quantitative estimate of drug-likeness (QED) is 0.772. The third-order valence-electron chi connectivity index (χ3n) is 3.82. The first-order valence-electron chi connectivity index (χ1n) is 6.30. The summed E-state index contributed by atoms with van der Waals surface area (Å²) in [5, 5.41) is 3.67. The van der Waals surface area contributed by atoms with E-state index in [4.69, 9.17) is 0 Å². The van der Waals surface area contributed by atoms with Crippen LogP contribution in [0, 0.1) is 0 Å². The minimum Gasteiger partial charge on any atom is -0.382 e. The van der Waals surface area contributed by atoms with Crippen molar-refractivity contribution in [1.29, 1.82) is 0 Å². The van der Waals surface area contributed by atoms with Gasteiger partial charge in [0.1, 0.15) is 0 Å². The molecule has 1 aromatic rings. The average molecular weight is 201 g/mol. The van der Waals surface area contributed by atoms with Gasteiger partial charge in [-0.1, -0.05) is 18.9 Å². The Balaban J connectivity index is 1.75. The van der Waals surface area contributed by atoms with Gasteiger partial charge < -0.3 is 5.32 Å². The number of nitrogens with one attached hydrogen (secondary N) is 1. The second-order valence-corrected chi connectivity index (χ2v) is 4.96. The highest BCUT2D eigenvalue weighted by Crippen LogP contribution is 2.27. The highest BCUT2D eigenvalue weighted by atomic mass is 14.9. The van der Waals surface area contributed by atoms with Gasteiger partial charge in [0.2, 0.25) is 0 Å². The number of rotatable bonds is 2. The second-order valence-electron chi connectivity index (χ2n) is 4.96. The molecule has 1 saturated carbocycles. The molecule has 15 heavy (non-hydrogen) atoms. The molecular formula is C14H19N. The molecule has 1 nitrogen and oxygen atoms in total. The smallest absolute Gasteiger partial charge is 0.0345 e. The highest BCUT2D eigenvalue weighted by molar-refractivity contribution is 5.50. The first-order valence-corrected chi connectivity index (χ1v) is 6.30. The lowest BCUT2D eigenvalue weighted by Gasteiger charge is -2.14. The van der Waals surface area contributed by atoms with Gasteiger partial charge in [0.05, 0.1) is 0 Å². The molecule has 2 aliphatic carbocycles. The summed E-state index contributed by atoms with van der Waals surface area (Å²) in [4.78, 5) is 0. The maximum atomic E-state index is 3.67. The fraction of sp³-hybridized carbons (Fsp3) is 0.571. The lowest BCUT2D eigenvalue weighted by molar-refractivity contribution is 0.755. The first-order chi connectivity index (χ1) is 7.42. The van der Waals surface area contributed by atoms with Gasteiger partial charge in [0.15, 0.2) is 0 Å². The molecular weight excluding hydrogens is 182 g/mol. The van der Waals surface area contributed by atoms with Crippen LogP contribution in [0.25, 0.3) is 0 Å². The zero-order chi connectivity index (χ0) is 10.1.